The van der Waals surface area contributed by atoms with Crippen LogP contribution in [0.2, 0.25) is 0 Å². The van der Waals surface area contributed by atoms with Gasteiger partial charge in [0.2, 0.25) is 9.84 Å². The van der Waals surface area contributed by atoms with Gasteiger partial charge in [-0.1, -0.05) is 36.4 Å². The number of sulfone groups is 1. The first-order chi connectivity index (χ1) is 13.9. The van der Waals surface area contributed by atoms with Crippen molar-refractivity contribution in [2.24, 2.45) is 0 Å². The average Bonchev–Trinajstić information content (AvgIpc) is 2.73. The summed E-state index contributed by atoms with van der Waals surface area (Å²) in [6, 6.07) is 19.0. The molecule has 0 fully saturated rings. The van der Waals surface area contributed by atoms with Crippen LogP contribution in [0.3, 0.4) is 0 Å². The fraction of sp³-hybridized carbons (Fsp3) is 0. The van der Waals surface area contributed by atoms with Crippen molar-refractivity contribution in [1.29, 1.82) is 0 Å². The third-order valence-electron chi connectivity index (χ3n) is 4.70. The molecule has 4 rings (SSSR count). The zero-order valence-electron chi connectivity index (χ0n) is 15.0. The summed E-state index contributed by atoms with van der Waals surface area (Å²) in [7, 11) is -3.88. The molecule has 144 valence electrons. The van der Waals surface area contributed by atoms with Gasteiger partial charge in [0, 0.05) is 17.2 Å². The summed E-state index contributed by atoms with van der Waals surface area (Å²) in [5.74, 6) is -1.33. The van der Waals surface area contributed by atoms with Crippen LogP contribution in [0.5, 0.6) is 0 Å². The lowest BCUT2D eigenvalue weighted by atomic mass is 10.0. The van der Waals surface area contributed by atoms with Crippen LogP contribution in [0.15, 0.2) is 88.7 Å². The highest BCUT2D eigenvalue weighted by Gasteiger charge is 2.21. The van der Waals surface area contributed by atoms with Crippen LogP contribution < -0.4 is 0 Å². The molecule has 0 spiro atoms. The Balaban J connectivity index is 1.80. The average molecular weight is 408 g/mol. The van der Waals surface area contributed by atoms with E-state index in [4.69, 9.17) is 0 Å². The third kappa shape index (κ3) is 3.43. The van der Waals surface area contributed by atoms with Crippen molar-refractivity contribution < 1.29 is 22.0 Å². The molecule has 3 nitrogen and oxygen atoms in total. The van der Waals surface area contributed by atoms with Crippen LogP contribution in [-0.2, 0) is 9.84 Å². The first-order valence-electron chi connectivity index (χ1n) is 8.69. The number of halogens is 2. The van der Waals surface area contributed by atoms with E-state index in [2.05, 4.69) is 0 Å². The van der Waals surface area contributed by atoms with Gasteiger partial charge < -0.3 is 0 Å². The van der Waals surface area contributed by atoms with Gasteiger partial charge in [0.1, 0.15) is 11.6 Å². The topological polar surface area (TPSA) is 51.2 Å². The molecule has 0 aliphatic rings. The van der Waals surface area contributed by atoms with Gasteiger partial charge in [-0.3, -0.25) is 4.79 Å². The Labute approximate surface area is 166 Å². The SMILES string of the molecule is O=Cc1ccccc1S(=O)(=O)c1ccc2cc(-c3ccc(F)cc3F)ccc2c1. The largest absolute Gasteiger partial charge is 0.298 e. The van der Waals surface area contributed by atoms with Gasteiger partial charge in [-0.05, 0) is 52.7 Å². The van der Waals surface area contributed by atoms with E-state index in [0.717, 1.165) is 6.07 Å². The van der Waals surface area contributed by atoms with Crippen molar-refractivity contribution in [2.75, 3.05) is 0 Å². The molecule has 0 atom stereocenters. The Morgan fingerprint density at radius 1 is 0.759 bits per heavy atom. The molecule has 0 aliphatic heterocycles. The van der Waals surface area contributed by atoms with E-state index in [1.54, 1.807) is 36.4 Å². The quantitative estimate of drug-likeness (QED) is 0.423. The maximum Gasteiger partial charge on any atom is 0.207 e. The zero-order valence-corrected chi connectivity index (χ0v) is 15.8. The minimum atomic E-state index is -3.88. The van der Waals surface area contributed by atoms with Crippen LogP contribution in [0, 0.1) is 11.6 Å². The van der Waals surface area contributed by atoms with Crippen molar-refractivity contribution in [3.8, 4) is 11.1 Å². The molecule has 0 amide bonds. The first kappa shape index (κ1) is 19.0. The van der Waals surface area contributed by atoms with Crippen LogP contribution in [-0.4, -0.2) is 14.7 Å². The Morgan fingerprint density at radius 3 is 2.24 bits per heavy atom. The fourth-order valence-electron chi connectivity index (χ4n) is 3.23. The van der Waals surface area contributed by atoms with Crippen LogP contribution in [0.25, 0.3) is 21.9 Å². The molecule has 0 radical (unpaired) electrons. The van der Waals surface area contributed by atoms with Crippen molar-refractivity contribution in [3.63, 3.8) is 0 Å². The summed E-state index contributed by atoms with van der Waals surface area (Å²) in [4.78, 5) is 11.2. The van der Waals surface area contributed by atoms with Gasteiger partial charge in [0.15, 0.2) is 6.29 Å². The summed E-state index contributed by atoms with van der Waals surface area (Å²) >= 11 is 0. The molecule has 0 N–H and O–H groups in total. The minimum Gasteiger partial charge on any atom is -0.298 e. The molecule has 29 heavy (non-hydrogen) atoms. The normalized spacial score (nSPS) is 11.5. The highest BCUT2D eigenvalue weighted by Crippen LogP contribution is 2.30. The number of hydrogen-bond donors (Lipinski definition) is 0. The van der Waals surface area contributed by atoms with E-state index in [-0.39, 0.29) is 20.9 Å². The molecule has 4 aromatic carbocycles. The molecule has 6 heteroatoms. The lowest BCUT2D eigenvalue weighted by Crippen LogP contribution is -2.05. The molecule has 0 aliphatic carbocycles. The van der Waals surface area contributed by atoms with Gasteiger partial charge in [0.05, 0.1) is 9.79 Å². The van der Waals surface area contributed by atoms with Gasteiger partial charge in [-0.25, -0.2) is 17.2 Å². The highest BCUT2D eigenvalue weighted by molar-refractivity contribution is 7.91. The summed E-state index contributed by atoms with van der Waals surface area (Å²) < 4.78 is 53.2. The fourth-order valence-corrected chi connectivity index (χ4v) is 4.70. The summed E-state index contributed by atoms with van der Waals surface area (Å²) in [6.07, 6.45) is 0.511. The second-order valence-electron chi connectivity index (χ2n) is 6.51. The van der Waals surface area contributed by atoms with Crippen LogP contribution in [0.4, 0.5) is 8.78 Å². The second kappa shape index (κ2) is 7.22. The van der Waals surface area contributed by atoms with Crippen molar-refractivity contribution in [3.05, 3.63) is 96.1 Å². The molecule has 0 saturated carbocycles. The number of carbonyl (C=O) groups excluding carboxylic acids is 1. The highest BCUT2D eigenvalue weighted by atomic mass is 32.2. The number of carbonyl (C=O) groups is 1. The van der Waals surface area contributed by atoms with E-state index in [0.29, 0.717) is 22.6 Å². The Morgan fingerprint density at radius 2 is 1.48 bits per heavy atom. The number of hydrogen-bond acceptors (Lipinski definition) is 3. The van der Waals surface area contributed by atoms with E-state index in [9.17, 15) is 22.0 Å². The molecule has 4 aromatic rings. The molecule has 0 bridgehead atoms. The minimum absolute atomic E-state index is 0.0556. The monoisotopic (exact) mass is 408 g/mol. The molecular formula is C23H14F2O3S. The van der Waals surface area contributed by atoms with Gasteiger partial charge >= 0.3 is 0 Å². The Kier molecular flexibility index (Phi) is 4.72. The van der Waals surface area contributed by atoms with E-state index in [1.165, 1.54) is 36.4 Å². The maximum absolute atomic E-state index is 14.1. The van der Waals surface area contributed by atoms with Crippen LogP contribution in [0.1, 0.15) is 10.4 Å². The number of fused-ring (bicyclic) bond motifs is 1. The Bertz CT molecular complexity index is 1360. The smallest absolute Gasteiger partial charge is 0.207 e. The number of benzene rings is 4. The summed E-state index contributed by atoms with van der Waals surface area (Å²) in [6.45, 7) is 0. The molecule has 0 unspecified atom stereocenters. The lowest BCUT2D eigenvalue weighted by molar-refractivity contribution is 0.112. The summed E-state index contributed by atoms with van der Waals surface area (Å²) in [5, 5.41) is 1.34. The molecule has 0 saturated heterocycles. The molecule has 0 aromatic heterocycles. The van der Waals surface area contributed by atoms with E-state index in [1.807, 2.05) is 0 Å². The molecular weight excluding hydrogens is 394 g/mol. The van der Waals surface area contributed by atoms with E-state index >= 15 is 0 Å². The second-order valence-corrected chi connectivity index (χ2v) is 8.43. The number of aldehydes is 1. The lowest BCUT2D eigenvalue weighted by Gasteiger charge is -2.09. The number of rotatable bonds is 4. The van der Waals surface area contributed by atoms with Gasteiger partial charge in [0.25, 0.3) is 0 Å². The van der Waals surface area contributed by atoms with Crippen molar-refractivity contribution in [1.82, 2.24) is 0 Å². The standard InChI is InChI=1S/C23H14F2O3S/c24-19-8-10-21(22(25)13-19)17-6-5-16-12-20(9-7-15(16)11-17)29(27,28)23-4-2-1-3-18(23)14-26/h1-14H. The molecule has 0 heterocycles. The van der Waals surface area contributed by atoms with Crippen LogP contribution >= 0.6 is 0 Å². The zero-order chi connectivity index (χ0) is 20.6. The van der Waals surface area contributed by atoms with Crippen molar-refractivity contribution >= 4 is 26.9 Å². The summed E-state index contributed by atoms with van der Waals surface area (Å²) in [5.41, 5.74) is 0.900. The van der Waals surface area contributed by atoms with Gasteiger partial charge in [-0.2, -0.15) is 0 Å². The van der Waals surface area contributed by atoms with E-state index < -0.39 is 21.5 Å². The predicted octanol–water partition coefficient (Wildman–Crippen LogP) is 5.43. The van der Waals surface area contributed by atoms with Gasteiger partial charge in [-0.15, -0.1) is 0 Å². The third-order valence-corrected chi connectivity index (χ3v) is 6.52. The predicted molar refractivity (Wildman–Crippen MR) is 107 cm³/mol. The first-order valence-corrected chi connectivity index (χ1v) is 10.2. The maximum atomic E-state index is 14.1. The Hall–Kier alpha value is -3.38. The van der Waals surface area contributed by atoms with Crippen molar-refractivity contribution in [2.45, 2.75) is 9.79 Å².